The average molecular weight is 351 g/mol. The van der Waals surface area contributed by atoms with Crippen LogP contribution < -0.4 is 5.73 Å². The SMILES string of the molecule is CC(C)n1cc(C(CN)N(C)Cc2ccc(Br)cc2)cn1. The number of rotatable bonds is 6. The van der Waals surface area contributed by atoms with Crippen molar-refractivity contribution in [1.29, 1.82) is 0 Å². The van der Waals surface area contributed by atoms with Crippen LogP contribution in [0, 0.1) is 0 Å². The van der Waals surface area contributed by atoms with Gasteiger partial charge in [0.1, 0.15) is 0 Å². The number of hydrogen-bond donors (Lipinski definition) is 1. The van der Waals surface area contributed by atoms with E-state index in [1.807, 2.05) is 10.9 Å². The standard InChI is InChI=1S/C16H23BrN4/c1-12(2)21-11-14(9-19-21)16(8-18)20(3)10-13-4-6-15(17)7-5-13/h4-7,9,11-12,16H,8,10,18H2,1-3H3. The summed E-state index contributed by atoms with van der Waals surface area (Å²) in [6.45, 7) is 5.69. The van der Waals surface area contributed by atoms with Crippen molar-refractivity contribution in [1.82, 2.24) is 14.7 Å². The Labute approximate surface area is 135 Å². The Balaban J connectivity index is 2.10. The van der Waals surface area contributed by atoms with E-state index in [2.05, 4.69) is 77.3 Å². The van der Waals surface area contributed by atoms with Gasteiger partial charge in [-0.1, -0.05) is 28.1 Å². The summed E-state index contributed by atoms with van der Waals surface area (Å²) in [6.07, 6.45) is 4.02. The van der Waals surface area contributed by atoms with E-state index in [9.17, 15) is 0 Å². The van der Waals surface area contributed by atoms with Crippen LogP contribution in [0.15, 0.2) is 41.1 Å². The molecule has 0 aliphatic carbocycles. The van der Waals surface area contributed by atoms with Crippen molar-refractivity contribution in [3.63, 3.8) is 0 Å². The van der Waals surface area contributed by atoms with Gasteiger partial charge in [0.15, 0.2) is 0 Å². The molecule has 0 fully saturated rings. The average Bonchev–Trinajstić information content (AvgIpc) is 2.92. The summed E-state index contributed by atoms with van der Waals surface area (Å²) in [5.74, 6) is 0. The van der Waals surface area contributed by atoms with Crippen molar-refractivity contribution in [3.05, 3.63) is 52.3 Å². The van der Waals surface area contributed by atoms with Gasteiger partial charge in [-0.2, -0.15) is 5.10 Å². The van der Waals surface area contributed by atoms with Gasteiger partial charge < -0.3 is 5.73 Å². The zero-order chi connectivity index (χ0) is 15.4. The third-order valence-electron chi connectivity index (χ3n) is 3.64. The lowest BCUT2D eigenvalue weighted by Gasteiger charge is -2.26. The van der Waals surface area contributed by atoms with Gasteiger partial charge in [-0.15, -0.1) is 0 Å². The predicted octanol–water partition coefficient (Wildman–Crippen LogP) is 3.36. The van der Waals surface area contributed by atoms with Crippen molar-refractivity contribution >= 4 is 15.9 Å². The molecule has 114 valence electrons. The van der Waals surface area contributed by atoms with Crippen LogP contribution in [0.3, 0.4) is 0 Å². The normalized spacial score (nSPS) is 13.1. The minimum Gasteiger partial charge on any atom is -0.329 e. The fourth-order valence-electron chi connectivity index (χ4n) is 2.37. The Kier molecular flexibility index (Phi) is 5.56. The van der Waals surface area contributed by atoms with Gasteiger partial charge in [0.2, 0.25) is 0 Å². The summed E-state index contributed by atoms with van der Waals surface area (Å²) in [7, 11) is 2.10. The maximum atomic E-state index is 5.98. The molecule has 0 aliphatic rings. The molecule has 0 radical (unpaired) electrons. The zero-order valence-corrected chi connectivity index (χ0v) is 14.4. The third-order valence-corrected chi connectivity index (χ3v) is 4.16. The number of likely N-dealkylation sites (N-methyl/N-ethyl adjacent to an activating group) is 1. The first-order valence-electron chi connectivity index (χ1n) is 7.20. The molecule has 1 aromatic heterocycles. The van der Waals surface area contributed by atoms with E-state index >= 15 is 0 Å². The molecule has 0 saturated carbocycles. The van der Waals surface area contributed by atoms with E-state index in [1.165, 1.54) is 11.1 Å². The molecule has 1 unspecified atom stereocenters. The second-order valence-corrected chi connectivity index (χ2v) is 6.56. The molecular formula is C16H23BrN4. The Morgan fingerprint density at radius 1 is 1.29 bits per heavy atom. The van der Waals surface area contributed by atoms with Crippen molar-refractivity contribution in [2.45, 2.75) is 32.5 Å². The summed E-state index contributed by atoms with van der Waals surface area (Å²) in [4.78, 5) is 2.27. The van der Waals surface area contributed by atoms with Gasteiger partial charge in [0.25, 0.3) is 0 Å². The summed E-state index contributed by atoms with van der Waals surface area (Å²) < 4.78 is 3.08. The van der Waals surface area contributed by atoms with Gasteiger partial charge >= 0.3 is 0 Å². The lowest BCUT2D eigenvalue weighted by molar-refractivity contribution is 0.241. The number of nitrogens with two attached hydrogens (primary N) is 1. The van der Waals surface area contributed by atoms with Crippen LogP contribution in [0.1, 0.15) is 37.1 Å². The Morgan fingerprint density at radius 2 is 1.95 bits per heavy atom. The molecule has 0 aliphatic heterocycles. The number of nitrogens with zero attached hydrogens (tertiary/aromatic N) is 3. The van der Waals surface area contributed by atoms with Crippen LogP contribution in [0.2, 0.25) is 0 Å². The molecule has 0 spiro atoms. The molecule has 0 saturated heterocycles. The van der Waals surface area contributed by atoms with Crippen molar-refractivity contribution in [3.8, 4) is 0 Å². The molecule has 5 heteroatoms. The van der Waals surface area contributed by atoms with E-state index in [0.29, 0.717) is 12.6 Å². The Hall–Kier alpha value is -1.17. The highest BCUT2D eigenvalue weighted by Gasteiger charge is 2.18. The van der Waals surface area contributed by atoms with Gasteiger partial charge in [0.05, 0.1) is 12.2 Å². The van der Waals surface area contributed by atoms with Crippen LogP contribution in [0.25, 0.3) is 0 Å². The number of halogens is 1. The smallest absolute Gasteiger partial charge is 0.0538 e. The summed E-state index contributed by atoms with van der Waals surface area (Å²) >= 11 is 3.46. The summed E-state index contributed by atoms with van der Waals surface area (Å²) in [5.41, 5.74) is 8.43. The second kappa shape index (κ2) is 7.20. The maximum absolute atomic E-state index is 5.98. The minimum atomic E-state index is 0.182. The van der Waals surface area contributed by atoms with Gasteiger partial charge in [-0.25, -0.2) is 0 Å². The highest BCUT2D eigenvalue weighted by Crippen LogP contribution is 2.21. The molecule has 2 rings (SSSR count). The molecule has 0 bridgehead atoms. The lowest BCUT2D eigenvalue weighted by Crippen LogP contribution is -2.30. The molecule has 2 N–H and O–H groups in total. The third kappa shape index (κ3) is 4.15. The molecule has 0 amide bonds. The fourth-order valence-corrected chi connectivity index (χ4v) is 2.63. The topological polar surface area (TPSA) is 47.1 Å². The monoisotopic (exact) mass is 350 g/mol. The molecular weight excluding hydrogens is 328 g/mol. The van der Waals surface area contributed by atoms with Crippen LogP contribution in [-0.2, 0) is 6.54 Å². The molecule has 1 aromatic carbocycles. The van der Waals surface area contributed by atoms with E-state index < -0.39 is 0 Å². The van der Waals surface area contributed by atoms with E-state index in [-0.39, 0.29) is 6.04 Å². The first-order chi connectivity index (χ1) is 10.0. The van der Waals surface area contributed by atoms with Crippen molar-refractivity contribution in [2.75, 3.05) is 13.6 Å². The molecule has 1 heterocycles. The van der Waals surface area contributed by atoms with Crippen LogP contribution in [0.4, 0.5) is 0 Å². The van der Waals surface area contributed by atoms with Gasteiger partial charge in [0, 0.05) is 35.4 Å². The van der Waals surface area contributed by atoms with E-state index in [4.69, 9.17) is 5.73 Å². The molecule has 4 nitrogen and oxygen atoms in total. The zero-order valence-electron chi connectivity index (χ0n) is 12.8. The number of aromatic nitrogens is 2. The molecule has 21 heavy (non-hydrogen) atoms. The largest absolute Gasteiger partial charge is 0.329 e. The highest BCUT2D eigenvalue weighted by molar-refractivity contribution is 9.10. The second-order valence-electron chi connectivity index (χ2n) is 5.64. The number of benzene rings is 1. The van der Waals surface area contributed by atoms with E-state index in [1.54, 1.807) is 0 Å². The first-order valence-corrected chi connectivity index (χ1v) is 7.99. The van der Waals surface area contributed by atoms with Crippen molar-refractivity contribution in [2.24, 2.45) is 5.73 Å². The van der Waals surface area contributed by atoms with Gasteiger partial charge in [-0.3, -0.25) is 9.58 Å². The van der Waals surface area contributed by atoms with Crippen LogP contribution in [0.5, 0.6) is 0 Å². The minimum absolute atomic E-state index is 0.182. The van der Waals surface area contributed by atoms with Crippen LogP contribution >= 0.6 is 15.9 Å². The predicted molar refractivity (Wildman–Crippen MR) is 90.0 cm³/mol. The Morgan fingerprint density at radius 3 is 2.48 bits per heavy atom. The number of hydrogen-bond acceptors (Lipinski definition) is 3. The van der Waals surface area contributed by atoms with Crippen molar-refractivity contribution < 1.29 is 0 Å². The summed E-state index contributed by atoms with van der Waals surface area (Å²) in [5, 5.41) is 4.41. The Bertz CT molecular complexity index is 562. The molecule has 1 atom stereocenters. The quantitative estimate of drug-likeness (QED) is 0.868. The lowest BCUT2D eigenvalue weighted by atomic mass is 10.1. The first kappa shape index (κ1) is 16.2. The summed E-state index contributed by atoms with van der Waals surface area (Å²) in [6, 6.07) is 8.95. The fraction of sp³-hybridized carbons (Fsp3) is 0.438. The van der Waals surface area contributed by atoms with E-state index in [0.717, 1.165) is 11.0 Å². The highest BCUT2D eigenvalue weighted by atomic mass is 79.9. The van der Waals surface area contributed by atoms with Crippen LogP contribution in [-0.4, -0.2) is 28.3 Å². The van der Waals surface area contributed by atoms with Gasteiger partial charge in [-0.05, 0) is 38.6 Å². The maximum Gasteiger partial charge on any atom is 0.0538 e. The molecule has 2 aromatic rings.